The molecular weight excluding hydrogens is 236 g/mol. The summed E-state index contributed by atoms with van der Waals surface area (Å²) in [4.78, 5) is 4.35. The van der Waals surface area contributed by atoms with Crippen molar-refractivity contribution < 1.29 is 0 Å². The first-order chi connectivity index (χ1) is 8.25. The number of nitrogens with zero attached hydrogens (tertiary/aromatic N) is 4. The molecule has 0 aliphatic rings. The second kappa shape index (κ2) is 3.82. The van der Waals surface area contributed by atoms with Gasteiger partial charge in [0.2, 0.25) is 0 Å². The summed E-state index contributed by atoms with van der Waals surface area (Å²) in [6, 6.07) is 11.6. The van der Waals surface area contributed by atoms with Crippen molar-refractivity contribution in [2.75, 3.05) is 0 Å². The molecule has 0 bridgehead atoms. The predicted molar refractivity (Wildman–Crippen MR) is 66.0 cm³/mol. The van der Waals surface area contributed by atoms with Crippen molar-refractivity contribution in [3.05, 3.63) is 47.4 Å². The first-order valence-electron chi connectivity index (χ1n) is 5.19. The lowest BCUT2D eigenvalue weighted by Gasteiger charge is -2.05. The van der Waals surface area contributed by atoms with Gasteiger partial charge < -0.3 is 0 Å². The van der Waals surface area contributed by atoms with Gasteiger partial charge in [0.25, 0.3) is 0 Å². The van der Waals surface area contributed by atoms with Crippen LogP contribution in [0, 0.1) is 6.92 Å². The molecule has 3 aromatic rings. The average molecular weight is 245 g/mol. The second-order valence-electron chi connectivity index (χ2n) is 3.71. The number of halogens is 1. The standard InChI is InChI=1S/C12H9ClN4/c1-8-15-16-11-7-10(13)14-12(17(8)11)9-5-3-2-4-6-9/h2-7H,1H3. The lowest BCUT2D eigenvalue weighted by atomic mass is 10.2. The number of hydrogen-bond donors (Lipinski definition) is 0. The molecule has 0 radical (unpaired) electrons. The number of rotatable bonds is 1. The molecule has 1 aromatic carbocycles. The summed E-state index contributed by atoms with van der Waals surface area (Å²) in [5, 5.41) is 8.51. The number of aryl methyl sites for hydroxylation is 1. The minimum atomic E-state index is 0.420. The molecule has 17 heavy (non-hydrogen) atoms. The molecule has 0 spiro atoms. The summed E-state index contributed by atoms with van der Waals surface area (Å²) in [5.41, 5.74) is 1.70. The SMILES string of the molecule is Cc1nnc2cc(Cl)nc(-c3ccccc3)n12. The maximum atomic E-state index is 5.99. The molecule has 84 valence electrons. The number of fused-ring (bicyclic) bond motifs is 1. The highest BCUT2D eigenvalue weighted by Crippen LogP contribution is 2.21. The number of benzene rings is 1. The van der Waals surface area contributed by atoms with Crippen molar-refractivity contribution in [3.8, 4) is 11.4 Å². The monoisotopic (exact) mass is 244 g/mol. The highest BCUT2D eigenvalue weighted by Gasteiger charge is 2.10. The zero-order chi connectivity index (χ0) is 11.8. The van der Waals surface area contributed by atoms with Crippen molar-refractivity contribution in [2.45, 2.75) is 6.92 Å². The third kappa shape index (κ3) is 1.66. The van der Waals surface area contributed by atoms with Crippen LogP contribution in [-0.2, 0) is 0 Å². The van der Waals surface area contributed by atoms with E-state index in [1.54, 1.807) is 6.07 Å². The molecule has 2 heterocycles. The third-order valence-corrected chi connectivity index (χ3v) is 2.75. The van der Waals surface area contributed by atoms with Crippen LogP contribution in [0.4, 0.5) is 0 Å². The smallest absolute Gasteiger partial charge is 0.165 e. The van der Waals surface area contributed by atoms with E-state index in [9.17, 15) is 0 Å². The van der Waals surface area contributed by atoms with Gasteiger partial charge in [-0.05, 0) is 6.92 Å². The van der Waals surface area contributed by atoms with Crippen molar-refractivity contribution in [3.63, 3.8) is 0 Å². The summed E-state index contributed by atoms with van der Waals surface area (Å²) in [6.45, 7) is 1.89. The Hall–Kier alpha value is -1.94. The number of aromatic nitrogens is 4. The largest absolute Gasteiger partial charge is 0.263 e. The van der Waals surface area contributed by atoms with E-state index in [-0.39, 0.29) is 0 Å². The molecule has 3 rings (SSSR count). The van der Waals surface area contributed by atoms with Gasteiger partial charge in [0.05, 0.1) is 0 Å². The molecule has 0 unspecified atom stereocenters. The van der Waals surface area contributed by atoms with Crippen molar-refractivity contribution in [1.82, 2.24) is 19.6 Å². The first-order valence-corrected chi connectivity index (χ1v) is 5.57. The molecule has 0 atom stereocenters. The predicted octanol–water partition coefficient (Wildman–Crippen LogP) is 2.75. The normalized spacial score (nSPS) is 10.9. The van der Waals surface area contributed by atoms with Gasteiger partial charge >= 0.3 is 0 Å². The van der Waals surface area contributed by atoms with Gasteiger partial charge in [-0.2, -0.15) is 0 Å². The van der Waals surface area contributed by atoms with Crippen LogP contribution in [0.3, 0.4) is 0 Å². The summed E-state index contributed by atoms with van der Waals surface area (Å²) in [7, 11) is 0. The molecule has 0 N–H and O–H groups in total. The Bertz CT molecular complexity index is 676. The summed E-state index contributed by atoms with van der Waals surface area (Å²) >= 11 is 5.99. The van der Waals surface area contributed by atoms with Crippen LogP contribution >= 0.6 is 11.6 Å². The van der Waals surface area contributed by atoms with Crippen LogP contribution in [0.2, 0.25) is 5.15 Å². The van der Waals surface area contributed by atoms with Crippen LogP contribution in [0.5, 0.6) is 0 Å². The Morgan fingerprint density at radius 2 is 1.88 bits per heavy atom. The van der Waals surface area contributed by atoms with Crippen molar-refractivity contribution in [2.24, 2.45) is 0 Å². The van der Waals surface area contributed by atoms with Gasteiger partial charge in [-0.15, -0.1) is 10.2 Å². The van der Waals surface area contributed by atoms with Gasteiger partial charge in [0.15, 0.2) is 5.65 Å². The quantitative estimate of drug-likeness (QED) is 0.618. The minimum absolute atomic E-state index is 0.420. The second-order valence-corrected chi connectivity index (χ2v) is 4.10. The topological polar surface area (TPSA) is 43.1 Å². The van der Waals surface area contributed by atoms with Crippen molar-refractivity contribution >= 4 is 17.2 Å². The minimum Gasteiger partial charge on any atom is -0.263 e. The fraction of sp³-hybridized carbons (Fsp3) is 0.0833. The fourth-order valence-electron chi connectivity index (χ4n) is 1.80. The van der Waals surface area contributed by atoms with Crippen LogP contribution in [0.15, 0.2) is 36.4 Å². The van der Waals surface area contributed by atoms with E-state index in [4.69, 9.17) is 11.6 Å². The highest BCUT2D eigenvalue weighted by atomic mass is 35.5. The maximum absolute atomic E-state index is 5.99. The molecule has 2 aromatic heterocycles. The van der Waals surface area contributed by atoms with E-state index in [2.05, 4.69) is 15.2 Å². The highest BCUT2D eigenvalue weighted by molar-refractivity contribution is 6.29. The van der Waals surface area contributed by atoms with Crippen LogP contribution in [0.1, 0.15) is 5.82 Å². The Balaban J connectivity index is 2.39. The lowest BCUT2D eigenvalue weighted by molar-refractivity contribution is 0.991. The molecule has 4 nitrogen and oxygen atoms in total. The van der Waals surface area contributed by atoms with E-state index >= 15 is 0 Å². The van der Waals surface area contributed by atoms with Gasteiger partial charge in [-0.1, -0.05) is 41.9 Å². The van der Waals surface area contributed by atoms with Crippen LogP contribution in [-0.4, -0.2) is 19.6 Å². The van der Waals surface area contributed by atoms with Crippen molar-refractivity contribution in [1.29, 1.82) is 0 Å². The molecule has 0 aliphatic heterocycles. The van der Waals surface area contributed by atoms with E-state index in [1.807, 2.05) is 41.7 Å². The molecular formula is C12H9ClN4. The zero-order valence-electron chi connectivity index (χ0n) is 9.13. The van der Waals surface area contributed by atoms with Crippen LogP contribution in [0.25, 0.3) is 17.0 Å². The Morgan fingerprint density at radius 1 is 1.12 bits per heavy atom. The fourth-order valence-corrected chi connectivity index (χ4v) is 1.98. The molecule has 0 saturated carbocycles. The summed E-state index contributed by atoms with van der Waals surface area (Å²) in [5.74, 6) is 1.55. The third-order valence-electron chi connectivity index (χ3n) is 2.55. The average Bonchev–Trinajstić information content (AvgIpc) is 2.71. The van der Waals surface area contributed by atoms with Gasteiger partial charge in [0.1, 0.15) is 16.8 Å². The molecule has 0 saturated heterocycles. The zero-order valence-corrected chi connectivity index (χ0v) is 9.89. The molecule has 5 heteroatoms. The Morgan fingerprint density at radius 3 is 2.65 bits per heavy atom. The lowest BCUT2D eigenvalue weighted by Crippen LogP contribution is -1.98. The Kier molecular flexibility index (Phi) is 2.30. The summed E-state index contributed by atoms with van der Waals surface area (Å²) < 4.78 is 1.89. The molecule has 0 amide bonds. The van der Waals surface area contributed by atoms with E-state index < -0.39 is 0 Å². The van der Waals surface area contributed by atoms with E-state index in [1.165, 1.54) is 0 Å². The first kappa shape index (κ1) is 10.2. The molecule has 0 aliphatic carbocycles. The van der Waals surface area contributed by atoms with E-state index in [0.717, 1.165) is 17.2 Å². The van der Waals surface area contributed by atoms with Gasteiger partial charge in [-0.3, -0.25) is 4.40 Å². The molecule has 0 fully saturated rings. The summed E-state index contributed by atoms with van der Waals surface area (Å²) in [6.07, 6.45) is 0. The van der Waals surface area contributed by atoms with Crippen LogP contribution < -0.4 is 0 Å². The van der Waals surface area contributed by atoms with Gasteiger partial charge in [0, 0.05) is 11.6 Å². The maximum Gasteiger partial charge on any atom is 0.165 e. The number of hydrogen-bond acceptors (Lipinski definition) is 3. The van der Waals surface area contributed by atoms with Gasteiger partial charge in [-0.25, -0.2) is 4.98 Å². The Labute approximate surface area is 103 Å². The van der Waals surface area contributed by atoms with E-state index in [0.29, 0.717) is 10.8 Å².